The van der Waals surface area contributed by atoms with E-state index in [-0.39, 0.29) is 0 Å². The van der Waals surface area contributed by atoms with Crippen LogP contribution in [0.15, 0.2) is 0 Å². The van der Waals surface area contributed by atoms with Crippen molar-refractivity contribution < 1.29 is 0 Å². The highest BCUT2D eigenvalue weighted by molar-refractivity contribution is 4.88. The first-order valence-corrected chi connectivity index (χ1v) is 5.51. The Morgan fingerprint density at radius 2 is 1.50 bits per heavy atom. The van der Waals surface area contributed by atoms with E-state index in [1.165, 1.54) is 32.1 Å². The molecule has 0 bridgehead atoms. The highest BCUT2D eigenvalue weighted by Gasteiger charge is 2.29. The maximum Gasteiger partial charge on any atom is 0.00723 e. The minimum atomic E-state index is 0.851. The van der Waals surface area contributed by atoms with E-state index < -0.39 is 0 Å². The van der Waals surface area contributed by atoms with E-state index in [9.17, 15) is 0 Å². The Kier molecular flexibility index (Phi) is 2.40. The average molecular weight is 167 g/mol. The molecule has 3 atom stereocenters. The Hall–Kier alpha value is -0.0400. The largest absolute Gasteiger partial charge is 0.311 e. The van der Waals surface area contributed by atoms with E-state index >= 15 is 0 Å². The molecule has 1 heteroatoms. The van der Waals surface area contributed by atoms with Gasteiger partial charge in [0.1, 0.15) is 0 Å². The summed E-state index contributed by atoms with van der Waals surface area (Å²) in [5, 5.41) is 3.74. The highest BCUT2D eigenvalue weighted by atomic mass is 15.0. The van der Waals surface area contributed by atoms with Gasteiger partial charge < -0.3 is 5.32 Å². The van der Waals surface area contributed by atoms with Crippen LogP contribution in [0.25, 0.3) is 0 Å². The zero-order chi connectivity index (χ0) is 8.55. The molecule has 1 nitrogen and oxygen atoms in total. The van der Waals surface area contributed by atoms with E-state index in [2.05, 4.69) is 19.2 Å². The van der Waals surface area contributed by atoms with E-state index in [1.54, 1.807) is 0 Å². The molecule has 0 radical (unpaired) electrons. The first-order chi connectivity index (χ1) is 5.75. The molecule has 0 aromatic heterocycles. The van der Waals surface area contributed by atoms with Crippen molar-refractivity contribution >= 4 is 0 Å². The summed E-state index contributed by atoms with van der Waals surface area (Å²) >= 11 is 0. The van der Waals surface area contributed by atoms with Crippen LogP contribution in [-0.2, 0) is 0 Å². The van der Waals surface area contributed by atoms with Crippen LogP contribution in [0.1, 0.15) is 46.0 Å². The first-order valence-electron chi connectivity index (χ1n) is 5.51. The lowest BCUT2D eigenvalue weighted by atomic mass is 9.79. The second-order valence-electron chi connectivity index (χ2n) is 4.91. The van der Waals surface area contributed by atoms with Crippen LogP contribution in [0.2, 0.25) is 0 Å². The Labute approximate surface area is 75.9 Å². The van der Waals surface area contributed by atoms with Gasteiger partial charge in [-0.2, -0.15) is 0 Å². The number of rotatable bonds is 2. The predicted octanol–water partition coefficient (Wildman–Crippen LogP) is 2.56. The summed E-state index contributed by atoms with van der Waals surface area (Å²) in [4.78, 5) is 0. The molecule has 0 aliphatic heterocycles. The molecule has 0 aromatic carbocycles. The van der Waals surface area contributed by atoms with Gasteiger partial charge in [0.25, 0.3) is 0 Å². The molecule has 0 saturated heterocycles. The third-order valence-corrected chi connectivity index (χ3v) is 3.65. The van der Waals surface area contributed by atoms with Crippen molar-refractivity contribution in [2.75, 3.05) is 0 Å². The van der Waals surface area contributed by atoms with Gasteiger partial charge in [0.2, 0.25) is 0 Å². The lowest BCUT2D eigenvalue weighted by Crippen LogP contribution is -2.37. The fraction of sp³-hybridized carbons (Fsp3) is 1.00. The second-order valence-corrected chi connectivity index (χ2v) is 4.91. The summed E-state index contributed by atoms with van der Waals surface area (Å²) in [6.07, 6.45) is 7.13. The summed E-state index contributed by atoms with van der Waals surface area (Å²) in [5.74, 6) is 1.90. The average Bonchev–Trinajstić information content (AvgIpc) is 2.81. The predicted molar refractivity (Wildman–Crippen MR) is 52.1 cm³/mol. The lowest BCUT2D eigenvalue weighted by molar-refractivity contribution is 0.225. The van der Waals surface area contributed by atoms with Crippen molar-refractivity contribution in [3.8, 4) is 0 Å². The molecule has 0 spiro atoms. The molecule has 2 fully saturated rings. The molecule has 0 heterocycles. The van der Waals surface area contributed by atoms with Gasteiger partial charge in [-0.15, -0.1) is 0 Å². The van der Waals surface area contributed by atoms with Gasteiger partial charge in [-0.1, -0.05) is 13.8 Å². The quantitative estimate of drug-likeness (QED) is 0.666. The van der Waals surface area contributed by atoms with Crippen LogP contribution >= 0.6 is 0 Å². The number of hydrogen-bond acceptors (Lipinski definition) is 1. The van der Waals surface area contributed by atoms with E-state index in [0.29, 0.717) is 0 Å². The van der Waals surface area contributed by atoms with Gasteiger partial charge in [-0.25, -0.2) is 0 Å². The Balaban J connectivity index is 1.76. The van der Waals surface area contributed by atoms with Crippen molar-refractivity contribution in [2.45, 2.75) is 58.0 Å². The molecule has 1 N–H and O–H groups in total. The minimum absolute atomic E-state index is 0.851. The summed E-state index contributed by atoms with van der Waals surface area (Å²) in [6.45, 7) is 4.81. The highest BCUT2D eigenvalue weighted by Crippen LogP contribution is 2.31. The van der Waals surface area contributed by atoms with Crippen LogP contribution in [0.3, 0.4) is 0 Å². The molecule has 2 rings (SSSR count). The van der Waals surface area contributed by atoms with E-state index in [4.69, 9.17) is 0 Å². The van der Waals surface area contributed by atoms with E-state index in [0.717, 1.165) is 23.9 Å². The lowest BCUT2D eigenvalue weighted by Gasteiger charge is -2.32. The Morgan fingerprint density at radius 1 is 0.833 bits per heavy atom. The molecule has 2 aliphatic carbocycles. The molecular formula is C11H21N. The summed E-state index contributed by atoms with van der Waals surface area (Å²) in [5.41, 5.74) is 0. The summed E-state index contributed by atoms with van der Waals surface area (Å²) in [7, 11) is 0. The third kappa shape index (κ3) is 2.01. The molecule has 0 unspecified atom stereocenters. The van der Waals surface area contributed by atoms with Gasteiger partial charge in [-0.05, 0) is 43.9 Å². The monoisotopic (exact) mass is 167 g/mol. The van der Waals surface area contributed by atoms with Crippen LogP contribution in [0.5, 0.6) is 0 Å². The Bertz CT molecular complexity index is 151. The van der Waals surface area contributed by atoms with Gasteiger partial charge >= 0.3 is 0 Å². The van der Waals surface area contributed by atoms with Gasteiger partial charge in [0.15, 0.2) is 0 Å². The van der Waals surface area contributed by atoms with Crippen molar-refractivity contribution in [1.82, 2.24) is 5.32 Å². The van der Waals surface area contributed by atoms with Crippen molar-refractivity contribution in [1.29, 1.82) is 0 Å². The molecule has 0 amide bonds. The van der Waals surface area contributed by atoms with Crippen LogP contribution in [-0.4, -0.2) is 12.1 Å². The SMILES string of the molecule is C[C@@H]1CC[C@H](NC2CC2)C[C@H]1C. The maximum atomic E-state index is 3.74. The molecule has 12 heavy (non-hydrogen) atoms. The minimum Gasteiger partial charge on any atom is -0.311 e. The fourth-order valence-corrected chi connectivity index (χ4v) is 2.28. The first kappa shape index (κ1) is 8.55. The number of nitrogens with one attached hydrogen (secondary N) is 1. The smallest absolute Gasteiger partial charge is 0.00723 e. The molecular weight excluding hydrogens is 146 g/mol. The zero-order valence-electron chi connectivity index (χ0n) is 8.34. The maximum absolute atomic E-state index is 3.74. The third-order valence-electron chi connectivity index (χ3n) is 3.65. The normalized spacial score (nSPS) is 43.0. The van der Waals surface area contributed by atoms with Gasteiger partial charge in [-0.3, -0.25) is 0 Å². The van der Waals surface area contributed by atoms with Gasteiger partial charge in [0.05, 0.1) is 0 Å². The van der Waals surface area contributed by atoms with Crippen molar-refractivity contribution in [2.24, 2.45) is 11.8 Å². The summed E-state index contributed by atoms with van der Waals surface area (Å²) in [6, 6.07) is 1.75. The fourth-order valence-electron chi connectivity index (χ4n) is 2.28. The van der Waals surface area contributed by atoms with Crippen LogP contribution in [0.4, 0.5) is 0 Å². The van der Waals surface area contributed by atoms with E-state index in [1.807, 2.05) is 0 Å². The molecule has 70 valence electrons. The second kappa shape index (κ2) is 3.37. The van der Waals surface area contributed by atoms with Gasteiger partial charge in [0, 0.05) is 12.1 Å². The van der Waals surface area contributed by atoms with Crippen LogP contribution < -0.4 is 5.32 Å². The van der Waals surface area contributed by atoms with Crippen molar-refractivity contribution in [3.63, 3.8) is 0 Å². The standard InChI is InChI=1S/C11H21N/c1-8-3-4-11(7-9(8)2)12-10-5-6-10/h8-12H,3-7H2,1-2H3/t8-,9-,11+/m1/s1. The molecule has 0 aromatic rings. The van der Waals surface area contributed by atoms with Crippen LogP contribution in [0, 0.1) is 11.8 Å². The molecule has 2 saturated carbocycles. The summed E-state index contributed by atoms with van der Waals surface area (Å²) < 4.78 is 0. The van der Waals surface area contributed by atoms with Crippen molar-refractivity contribution in [3.05, 3.63) is 0 Å². The zero-order valence-corrected chi connectivity index (χ0v) is 8.34. The number of hydrogen-bond donors (Lipinski definition) is 1. The molecule has 2 aliphatic rings. The topological polar surface area (TPSA) is 12.0 Å². The Morgan fingerprint density at radius 3 is 2.08 bits per heavy atom.